The van der Waals surface area contributed by atoms with E-state index in [0.717, 1.165) is 34.2 Å². The van der Waals surface area contributed by atoms with Gasteiger partial charge in [0.25, 0.3) is 0 Å². The molecule has 0 fully saturated rings. The third-order valence-corrected chi connectivity index (χ3v) is 6.93. The van der Waals surface area contributed by atoms with Crippen LogP contribution >= 0.6 is 0 Å². The zero-order chi connectivity index (χ0) is 27.5. The fraction of sp³-hybridized carbons (Fsp3) is 0.226. The lowest BCUT2D eigenvalue weighted by molar-refractivity contribution is -0.117. The van der Waals surface area contributed by atoms with Gasteiger partial charge in [0.05, 0.1) is 33.1 Å². The summed E-state index contributed by atoms with van der Waals surface area (Å²) < 4.78 is 21.9. The highest BCUT2D eigenvalue weighted by Gasteiger charge is 2.22. The Balaban J connectivity index is 1.39. The van der Waals surface area contributed by atoms with Crippen LogP contribution in [0.25, 0.3) is 28.5 Å². The summed E-state index contributed by atoms with van der Waals surface area (Å²) in [6.07, 6.45) is 4.97. The van der Waals surface area contributed by atoms with Crippen LogP contribution in [0.4, 0.5) is 5.69 Å². The third kappa shape index (κ3) is 5.24. The van der Waals surface area contributed by atoms with Crippen LogP contribution in [-0.2, 0) is 11.2 Å². The van der Waals surface area contributed by atoms with E-state index in [9.17, 15) is 4.79 Å². The number of aromatic nitrogens is 1. The smallest absolute Gasteiger partial charge is 0.241 e. The maximum absolute atomic E-state index is 13.1. The molecule has 0 saturated heterocycles. The fourth-order valence-corrected chi connectivity index (χ4v) is 5.00. The molecule has 200 valence electrons. The highest BCUT2D eigenvalue weighted by Crippen LogP contribution is 2.40. The zero-order valence-corrected chi connectivity index (χ0v) is 22.4. The molecule has 0 spiro atoms. The van der Waals surface area contributed by atoms with E-state index in [1.54, 1.807) is 33.7 Å². The van der Waals surface area contributed by atoms with Crippen molar-refractivity contribution in [3.05, 3.63) is 83.1 Å². The minimum Gasteiger partial charge on any atom is -0.495 e. The maximum Gasteiger partial charge on any atom is 0.241 e. The van der Waals surface area contributed by atoms with Gasteiger partial charge in [-0.2, -0.15) is 0 Å². The highest BCUT2D eigenvalue weighted by molar-refractivity contribution is 5.97. The van der Waals surface area contributed by atoms with Crippen LogP contribution in [0.2, 0.25) is 0 Å². The molecule has 3 N–H and O–H groups in total. The minimum atomic E-state index is -0.709. The Kier molecular flexibility index (Phi) is 7.38. The average Bonchev–Trinajstić information content (AvgIpc) is 3.59. The molecule has 1 aliphatic rings. The SMILES string of the molecule is COc1ccc(-c2conc2-c2cc(C)c(OC)c(OC)c2)cc1NC(=O)C(N)CC1=Cc2ccccc2C1. The molecule has 8 heteroatoms. The van der Waals surface area contributed by atoms with E-state index in [0.29, 0.717) is 35.1 Å². The lowest BCUT2D eigenvalue weighted by Gasteiger charge is -2.16. The van der Waals surface area contributed by atoms with Crippen molar-refractivity contribution in [3.63, 3.8) is 0 Å². The van der Waals surface area contributed by atoms with Crippen molar-refractivity contribution >= 4 is 17.7 Å². The molecule has 0 radical (unpaired) electrons. The topological polar surface area (TPSA) is 109 Å². The Labute approximate surface area is 227 Å². The van der Waals surface area contributed by atoms with E-state index in [1.165, 1.54) is 11.1 Å². The first-order valence-corrected chi connectivity index (χ1v) is 12.6. The summed E-state index contributed by atoms with van der Waals surface area (Å²) in [6.45, 7) is 1.94. The summed E-state index contributed by atoms with van der Waals surface area (Å²) in [5.41, 5.74) is 14.3. The zero-order valence-electron chi connectivity index (χ0n) is 22.4. The fourth-order valence-electron chi connectivity index (χ4n) is 5.00. The van der Waals surface area contributed by atoms with Crippen LogP contribution in [0.5, 0.6) is 17.2 Å². The van der Waals surface area contributed by atoms with Crippen LogP contribution in [0.3, 0.4) is 0 Å². The lowest BCUT2D eigenvalue weighted by Crippen LogP contribution is -2.36. The van der Waals surface area contributed by atoms with Gasteiger partial charge in [-0.3, -0.25) is 4.79 Å². The molecule has 0 saturated carbocycles. The summed E-state index contributed by atoms with van der Waals surface area (Å²) in [7, 11) is 4.76. The molecule has 8 nitrogen and oxygen atoms in total. The van der Waals surface area contributed by atoms with E-state index in [4.69, 9.17) is 24.5 Å². The molecule has 1 amide bonds. The number of rotatable bonds is 9. The van der Waals surface area contributed by atoms with Crippen molar-refractivity contribution in [3.8, 4) is 39.6 Å². The van der Waals surface area contributed by atoms with Crippen molar-refractivity contribution in [1.29, 1.82) is 0 Å². The predicted octanol–water partition coefficient (Wildman–Crippen LogP) is 5.64. The summed E-state index contributed by atoms with van der Waals surface area (Å²) in [6, 6.07) is 16.8. The van der Waals surface area contributed by atoms with Crippen molar-refractivity contribution in [2.75, 3.05) is 26.6 Å². The second-order valence-corrected chi connectivity index (χ2v) is 9.50. The van der Waals surface area contributed by atoms with Gasteiger partial charge in [0.15, 0.2) is 11.5 Å². The van der Waals surface area contributed by atoms with Crippen LogP contribution in [0, 0.1) is 6.92 Å². The van der Waals surface area contributed by atoms with Gasteiger partial charge in [0, 0.05) is 11.1 Å². The van der Waals surface area contributed by atoms with Crippen molar-refractivity contribution in [1.82, 2.24) is 5.16 Å². The number of hydrogen-bond acceptors (Lipinski definition) is 7. The number of aryl methyl sites for hydroxylation is 1. The number of ether oxygens (including phenoxy) is 3. The van der Waals surface area contributed by atoms with Gasteiger partial charge >= 0.3 is 0 Å². The number of anilines is 1. The Morgan fingerprint density at radius 3 is 2.56 bits per heavy atom. The molecule has 5 rings (SSSR count). The summed E-state index contributed by atoms with van der Waals surface area (Å²) in [5, 5.41) is 7.21. The largest absolute Gasteiger partial charge is 0.495 e. The number of carbonyl (C=O) groups is 1. The van der Waals surface area contributed by atoms with Gasteiger partial charge in [-0.15, -0.1) is 0 Å². The van der Waals surface area contributed by atoms with Gasteiger partial charge in [-0.05, 0) is 66.3 Å². The number of methoxy groups -OCH3 is 3. The standard InChI is InChI=1S/C31H31N3O5/c1-18-11-23(16-28(37-3)30(18)38-4)29-24(17-39-34-29)22-9-10-27(36-2)26(15-22)33-31(35)25(32)14-19-12-20-7-5-6-8-21(20)13-19/h5-12,15-17,25H,13-14,32H2,1-4H3,(H,33,35). The molecule has 3 aromatic carbocycles. The van der Waals surface area contributed by atoms with E-state index in [2.05, 4.69) is 28.7 Å². The van der Waals surface area contributed by atoms with E-state index >= 15 is 0 Å². The second kappa shape index (κ2) is 11.0. The number of nitrogens with one attached hydrogen (secondary N) is 1. The Hall–Kier alpha value is -4.56. The number of fused-ring (bicyclic) bond motifs is 1. The number of amides is 1. The Morgan fingerprint density at radius 1 is 1.03 bits per heavy atom. The number of benzene rings is 3. The summed E-state index contributed by atoms with van der Waals surface area (Å²) in [4.78, 5) is 13.1. The number of carbonyl (C=O) groups excluding carboxylic acids is 1. The highest BCUT2D eigenvalue weighted by atomic mass is 16.5. The molecular weight excluding hydrogens is 494 g/mol. The Morgan fingerprint density at radius 2 is 1.82 bits per heavy atom. The molecule has 1 heterocycles. The van der Waals surface area contributed by atoms with Crippen molar-refractivity contribution < 1.29 is 23.5 Å². The predicted molar refractivity (Wildman–Crippen MR) is 151 cm³/mol. The van der Waals surface area contributed by atoms with Crippen LogP contribution in [0.15, 0.2) is 71.0 Å². The Bertz CT molecular complexity index is 1560. The summed E-state index contributed by atoms with van der Waals surface area (Å²) >= 11 is 0. The maximum atomic E-state index is 13.1. The quantitative estimate of drug-likeness (QED) is 0.291. The van der Waals surface area contributed by atoms with Gasteiger partial charge in [0.1, 0.15) is 17.7 Å². The van der Waals surface area contributed by atoms with E-state index in [1.807, 2.05) is 43.3 Å². The molecule has 4 aromatic rings. The molecular formula is C31H31N3O5. The second-order valence-electron chi connectivity index (χ2n) is 9.50. The number of nitrogens with zero attached hydrogens (tertiary/aromatic N) is 1. The first-order chi connectivity index (χ1) is 18.9. The van der Waals surface area contributed by atoms with Gasteiger partial charge in [-0.25, -0.2) is 0 Å². The van der Waals surface area contributed by atoms with E-state index in [-0.39, 0.29) is 5.91 Å². The molecule has 39 heavy (non-hydrogen) atoms. The van der Waals surface area contributed by atoms with Crippen molar-refractivity contribution in [2.24, 2.45) is 5.73 Å². The molecule has 0 aliphatic heterocycles. The van der Waals surface area contributed by atoms with Gasteiger partial charge in [0.2, 0.25) is 5.91 Å². The average molecular weight is 526 g/mol. The van der Waals surface area contributed by atoms with Crippen molar-refractivity contribution in [2.45, 2.75) is 25.8 Å². The molecule has 1 aliphatic carbocycles. The number of hydrogen-bond donors (Lipinski definition) is 2. The molecule has 1 unspecified atom stereocenters. The molecule has 1 atom stereocenters. The summed E-state index contributed by atoms with van der Waals surface area (Å²) in [5.74, 6) is 1.49. The van der Waals surface area contributed by atoms with Crippen LogP contribution in [-0.4, -0.2) is 38.4 Å². The lowest BCUT2D eigenvalue weighted by atomic mass is 9.99. The molecule has 0 bridgehead atoms. The number of nitrogens with two attached hydrogens (primary N) is 1. The monoisotopic (exact) mass is 525 g/mol. The molecule has 1 aromatic heterocycles. The van der Waals surface area contributed by atoms with Crippen LogP contribution in [0.1, 0.15) is 23.1 Å². The first-order valence-electron chi connectivity index (χ1n) is 12.6. The minimum absolute atomic E-state index is 0.289. The van der Waals surface area contributed by atoms with Gasteiger partial charge < -0.3 is 29.8 Å². The van der Waals surface area contributed by atoms with Gasteiger partial charge in [-0.1, -0.05) is 47.1 Å². The third-order valence-electron chi connectivity index (χ3n) is 6.93. The normalized spacial score (nSPS) is 12.9. The van der Waals surface area contributed by atoms with Crippen LogP contribution < -0.4 is 25.3 Å². The van der Waals surface area contributed by atoms with E-state index < -0.39 is 6.04 Å². The first kappa shape index (κ1) is 26.1.